The van der Waals surface area contributed by atoms with Gasteiger partial charge < -0.3 is 11.5 Å². The standard InChI is InChI=1S/C6H14N2O/c1-3-4(2)5(7)6(8)9/h4-5H,3,7H2,1-2H3,(H2,8,9)/t4?,5-/m1/s1. The summed E-state index contributed by atoms with van der Waals surface area (Å²) in [5.74, 6) is -0.216. The summed E-state index contributed by atoms with van der Waals surface area (Å²) in [4.78, 5) is 10.4. The summed E-state index contributed by atoms with van der Waals surface area (Å²) in [7, 11) is 0. The number of carbonyl (C=O) groups is 1. The molecule has 0 aliphatic rings. The molecule has 0 aliphatic heterocycles. The lowest BCUT2D eigenvalue weighted by molar-refractivity contribution is -0.120. The van der Waals surface area contributed by atoms with E-state index in [9.17, 15) is 4.79 Å². The molecule has 0 aliphatic carbocycles. The number of hydrogen-bond acceptors (Lipinski definition) is 2. The van der Waals surface area contributed by atoms with Gasteiger partial charge in [-0.3, -0.25) is 4.79 Å². The van der Waals surface area contributed by atoms with Crippen LogP contribution >= 0.6 is 0 Å². The first-order chi connectivity index (χ1) is 4.09. The van der Waals surface area contributed by atoms with Gasteiger partial charge in [0.25, 0.3) is 0 Å². The third-order valence-electron chi connectivity index (χ3n) is 1.59. The molecular weight excluding hydrogens is 116 g/mol. The van der Waals surface area contributed by atoms with Crippen LogP contribution in [0.5, 0.6) is 0 Å². The van der Waals surface area contributed by atoms with Crippen molar-refractivity contribution in [3.63, 3.8) is 0 Å². The summed E-state index contributed by atoms with van der Waals surface area (Å²) in [5.41, 5.74) is 10.3. The van der Waals surface area contributed by atoms with Crippen molar-refractivity contribution in [2.45, 2.75) is 26.3 Å². The zero-order valence-electron chi connectivity index (χ0n) is 5.92. The van der Waals surface area contributed by atoms with Crippen molar-refractivity contribution in [3.8, 4) is 0 Å². The third-order valence-corrected chi connectivity index (χ3v) is 1.59. The monoisotopic (exact) mass is 130 g/mol. The Labute approximate surface area is 55.4 Å². The molecule has 1 amide bonds. The van der Waals surface area contributed by atoms with E-state index >= 15 is 0 Å². The fraction of sp³-hybridized carbons (Fsp3) is 0.833. The molecule has 0 rings (SSSR count). The molecule has 3 heteroatoms. The average Bonchev–Trinajstić information content (AvgIpc) is 1.84. The first-order valence-corrected chi connectivity index (χ1v) is 3.14. The lowest BCUT2D eigenvalue weighted by atomic mass is 10.00. The van der Waals surface area contributed by atoms with Gasteiger partial charge in [-0.25, -0.2) is 0 Å². The molecule has 0 fully saturated rings. The van der Waals surface area contributed by atoms with Crippen molar-refractivity contribution in [2.24, 2.45) is 17.4 Å². The van der Waals surface area contributed by atoms with E-state index in [0.717, 1.165) is 6.42 Å². The molecule has 0 saturated heterocycles. The molecule has 4 N–H and O–H groups in total. The van der Waals surface area contributed by atoms with Crippen LogP contribution < -0.4 is 11.5 Å². The van der Waals surface area contributed by atoms with Crippen LogP contribution in [0, 0.1) is 5.92 Å². The quantitative estimate of drug-likeness (QED) is 0.557. The summed E-state index contributed by atoms with van der Waals surface area (Å²) >= 11 is 0. The van der Waals surface area contributed by atoms with Gasteiger partial charge in [-0.2, -0.15) is 0 Å². The second kappa shape index (κ2) is 3.45. The Morgan fingerprint density at radius 3 is 2.22 bits per heavy atom. The van der Waals surface area contributed by atoms with Crippen LogP contribution in [0.4, 0.5) is 0 Å². The zero-order chi connectivity index (χ0) is 7.44. The van der Waals surface area contributed by atoms with Gasteiger partial charge in [0.05, 0.1) is 6.04 Å². The number of rotatable bonds is 3. The molecule has 9 heavy (non-hydrogen) atoms. The molecule has 0 radical (unpaired) electrons. The maximum Gasteiger partial charge on any atom is 0.234 e. The van der Waals surface area contributed by atoms with Gasteiger partial charge in [0.15, 0.2) is 0 Å². The predicted molar refractivity (Wildman–Crippen MR) is 36.6 cm³/mol. The molecule has 0 aromatic rings. The van der Waals surface area contributed by atoms with Crippen LogP contribution in [0.25, 0.3) is 0 Å². The van der Waals surface area contributed by atoms with Gasteiger partial charge in [-0.15, -0.1) is 0 Å². The Morgan fingerprint density at radius 2 is 2.11 bits per heavy atom. The predicted octanol–water partition coefficient (Wildman–Crippen LogP) is -0.155. The summed E-state index contributed by atoms with van der Waals surface area (Å²) in [5, 5.41) is 0. The highest BCUT2D eigenvalue weighted by molar-refractivity contribution is 5.79. The highest BCUT2D eigenvalue weighted by Crippen LogP contribution is 2.03. The maximum absolute atomic E-state index is 10.4. The van der Waals surface area contributed by atoms with E-state index in [1.807, 2.05) is 13.8 Å². The van der Waals surface area contributed by atoms with Gasteiger partial charge in [0.2, 0.25) is 5.91 Å². The molecule has 0 saturated carbocycles. The second-order valence-electron chi connectivity index (χ2n) is 2.31. The summed E-state index contributed by atoms with van der Waals surface area (Å²) < 4.78 is 0. The van der Waals surface area contributed by atoms with E-state index in [1.54, 1.807) is 0 Å². The third kappa shape index (κ3) is 2.46. The number of amides is 1. The van der Waals surface area contributed by atoms with Crippen LogP contribution in [0.15, 0.2) is 0 Å². The van der Waals surface area contributed by atoms with E-state index in [0.29, 0.717) is 0 Å². The Morgan fingerprint density at radius 1 is 1.67 bits per heavy atom. The largest absolute Gasteiger partial charge is 0.368 e. The SMILES string of the molecule is CCC(C)[C@@H](N)C(N)=O. The number of primary amides is 1. The second-order valence-corrected chi connectivity index (χ2v) is 2.31. The van der Waals surface area contributed by atoms with Crippen LogP contribution in [-0.2, 0) is 4.79 Å². The average molecular weight is 130 g/mol. The van der Waals surface area contributed by atoms with Crippen molar-refractivity contribution in [3.05, 3.63) is 0 Å². The van der Waals surface area contributed by atoms with Gasteiger partial charge in [0.1, 0.15) is 0 Å². The maximum atomic E-state index is 10.4. The van der Waals surface area contributed by atoms with Crippen LogP contribution in [0.1, 0.15) is 20.3 Å². The Hall–Kier alpha value is -0.570. The van der Waals surface area contributed by atoms with E-state index < -0.39 is 11.9 Å². The minimum Gasteiger partial charge on any atom is -0.368 e. The molecule has 0 aromatic carbocycles. The van der Waals surface area contributed by atoms with Gasteiger partial charge in [-0.1, -0.05) is 20.3 Å². The topological polar surface area (TPSA) is 69.1 Å². The van der Waals surface area contributed by atoms with Crippen molar-refractivity contribution in [2.75, 3.05) is 0 Å². The van der Waals surface area contributed by atoms with Crippen LogP contribution in [0.3, 0.4) is 0 Å². The molecule has 0 bridgehead atoms. The minimum absolute atomic E-state index is 0.197. The normalized spacial score (nSPS) is 16.8. The minimum atomic E-state index is -0.477. The Bertz CT molecular complexity index is 103. The molecule has 1 unspecified atom stereocenters. The zero-order valence-corrected chi connectivity index (χ0v) is 5.92. The van der Waals surface area contributed by atoms with Gasteiger partial charge in [-0.05, 0) is 5.92 Å². The van der Waals surface area contributed by atoms with Crippen LogP contribution in [-0.4, -0.2) is 11.9 Å². The number of carbonyl (C=O) groups excluding carboxylic acids is 1. The van der Waals surface area contributed by atoms with E-state index in [4.69, 9.17) is 11.5 Å². The van der Waals surface area contributed by atoms with Gasteiger partial charge >= 0.3 is 0 Å². The Kier molecular flexibility index (Phi) is 3.24. The number of hydrogen-bond donors (Lipinski definition) is 2. The summed E-state index contributed by atoms with van der Waals surface area (Å²) in [6, 6.07) is -0.477. The van der Waals surface area contributed by atoms with E-state index in [2.05, 4.69) is 0 Å². The fourth-order valence-corrected chi connectivity index (χ4v) is 0.534. The number of nitrogens with two attached hydrogens (primary N) is 2. The smallest absolute Gasteiger partial charge is 0.234 e. The van der Waals surface area contributed by atoms with Crippen molar-refractivity contribution in [1.29, 1.82) is 0 Å². The fourth-order valence-electron chi connectivity index (χ4n) is 0.534. The van der Waals surface area contributed by atoms with Crippen molar-refractivity contribution < 1.29 is 4.79 Å². The first kappa shape index (κ1) is 8.43. The van der Waals surface area contributed by atoms with Crippen molar-refractivity contribution in [1.82, 2.24) is 0 Å². The highest BCUT2D eigenvalue weighted by atomic mass is 16.1. The Balaban J connectivity index is 3.72. The molecule has 54 valence electrons. The summed E-state index contributed by atoms with van der Waals surface area (Å²) in [6.07, 6.45) is 0.893. The van der Waals surface area contributed by atoms with Gasteiger partial charge in [0, 0.05) is 0 Å². The molecule has 0 heterocycles. The molecule has 3 nitrogen and oxygen atoms in total. The lowest BCUT2D eigenvalue weighted by Crippen LogP contribution is -2.41. The molecular formula is C6H14N2O. The molecule has 2 atom stereocenters. The van der Waals surface area contributed by atoms with Crippen molar-refractivity contribution >= 4 is 5.91 Å². The highest BCUT2D eigenvalue weighted by Gasteiger charge is 2.15. The summed E-state index contributed by atoms with van der Waals surface area (Å²) in [6.45, 7) is 3.89. The first-order valence-electron chi connectivity index (χ1n) is 3.14. The molecule has 0 aromatic heterocycles. The molecule has 0 spiro atoms. The van der Waals surface area contributed by atoms with E-state index in [1.165, 1.54) is 0 Å². The van der Waals surface area contributed by atoms with Crippen LogP contribution in [0.2, 0.25) is 0 Å². The lowest BCUT2D eigenvalue weighted by Gasteiger charge is -2.13. The van der Waals surface area contributed by atoms with E-state index in [-0.39, 0.29) is 5.92 Å².